The van der Waals surface area contributed by atoms with Crippen LogP contribution in [0.1, 0.15) is 35.6 Å². The van der Waals surface area contributed by atoms with E-state index in [2.05, 4.69) is 5.10 Å². The van der Waals surface area contributed by atoms with Crippen molar-refractivity contribution < 1.29 is 29.0 Å². The van der Waals surface area contributed by atoms with Crippen LogP contribution in [-0.4, -0.2) is 40.0 Å². The Hall–Kier alpha value is -3.47. The van der Waals surface area contributed by atoms with Crippen LogP contribution in [0, 0.1) is 5.82 Å². The molecular formula is C21H23FN4O5. The smallest absolute Gasteiger partial charge is 0.330 e. The van der Waals surface area contributed by atoms with E-state index in [9.17, 15) is 29.0 Å². The van der Waals surface area contributed by atoms with Crippen LogP contribution in [0.4, 0.5) is 4.39 Å². The van der Waals surface area contributed by atoms with Gasteiger partial charge in [0, 0.05) is 12.8 Å². The molecular weight excluding hydrogens is 407 g/mol. The Balaban J connectivity index is 2.70. The lowest BCUT2D eigenvalue weighted by atomic mass is 9.65. The van der Waals surface area contributed by atoms with Gasteiger partial charge in [0.1, 0.15) is 23.7 Å². The lowest BCUT2D eigenvalue weighted by Crippen LogP contribution is -2.73. The van der Waals surface area contributed by atoms with Gasteiger partial charge in [0.05, 0.1) is 6.21 Å². The monoisotopic (exact) mass is 430 g/mol. The van der Waals surface area contributed by atoms with E-state index in [-0.39, 0.29) is 17.5 Å². The molecule has 0 aliphatic heterocycles. The summed E-state index contributed by atoms with van der Waals surface area (Å²) in [6.07, 6.45) is -0.800. The number of hydrazone groups is 1. The number of benzene rings is 2. The minimum absolute atomic E-state index is 0.0920. The molecule has 0 heterocycles. The van der Waals surface area contributed by atoms with E-state index < -0.39 is 41.2 Å². The highest BCUT2D eigenvalue weighted by molar-refractivity contribution is 5.99. The number of aliphatic hydroxyl groups excluding tert-OH is 1. The number of carboxylic acids is 1. The molecule has 0 aliphatic carbocycles. The molecule has 0 aromatic heterocycles. The average Bonchev–Trinajstić information content (AvgIpc) is 2.76. The number of aliphatic hydroxyl groups is 1. The van der Waals surface area contributed by atoms with Gasteiger partial charge in [-0.3, -0.25) is 4.79 Å². The van der Waals surface area contributed by atoms with Crippen molar-refractivity contribution in [3.05, 3.63) is 71.0 Å². The first-order chi connectivity index (χ1) is 14.6. The van der Waals surface area contributed by atoms with Crippen LogP contribution in [0.15, 0.2) is 53.6 Å². The van der Waals surface area contributed by atoms with Gasteiger partial charge in [0.25, 0.3) is 0 Å². The van der Waals surface area contributed by atoms with E-state index in [0.717, 1.165) is 24.3 Å². The molecule has 0 bridgehead atoms. The molecule has 2 aromatic carbocycles. The number of aliphatic carboxylic acids is 1. The van der Waals surface area contributed by atoms with Gasteiger partial charge >= 0.3 is 5.97 Å². The van der Waals surface area contributed by atoms with Gasteiger partial charge in [-0.1, -0.05) is 36.4 Å². The van der Waals surface area contributed by atoms with E-state index in [4.69, 9.17) is 17.3 Å². The Labute approximate surface area is 177 Å². The fraction of sp³-hybridized carbons (Fsp3) is 0.238. The molecule has 0 aliphatic rings. The third-order valence-electron chi connectivity index (χ3n) is 5.15. The van der Waals surface area contributed by atoms with E-state index >= 15 is 0 Å². The number of carboxylic acid groups (broad SMARTS) is 1. The maximum absolute atomic E-state index is 13.4. The molecule has 0 saturated carbocycles. The van der Waals surface area contributed by atoms with E-state index in [1.54, 1.807) is 0 Å². The molecule has 3 atom stereocenters. The van der Waals surface area contributed by atoms with E-state index in [0.29, 0.717) is 11.8 Å². The Morgan fingerprint density at radius 1 is 1.10 bits per heavy atom. The molecule has 0 fully saturated rings. The summed E-state index contributed by atoms with van der Waals surface area (Å²) in [5.74, 6) is 1.77. The molecule has 8 N–H and O–H groups in total. The first kappa shape index (κ1) is 23.8. The lowest BCUT2D eigenvalue weighted by molar-refractivity contribution is -0.155. The first-order valence-corrected chi connectivity index (χ1v) is 9.18. The van der Waals surface area contributed by atoms with Crippen molar-refractivity contribution >= 4 is 24.3 Å². The van der Waals surface area contributed by atoms with Crippen molar-refractivity contribution in [2.24, 2.45) is 22.4 Å². The standard InChI is InChI=1S/C21H23FN4O5/c22-16-9-7-15(8-10-16)20(23,19(30)31)21(24,17(28)2-1-11-27)18(29)14-5-3-13(4-6-14)12-26-25/h3-12,18,29H,1-2,23-25H2,(H,30,31). The largest absolute Gasteiger partial charge is 0.480 e. The van der Waals surface area contributed by atoms with Crippen molar-refractivity contribution in [3.63, 3.8) is 0 Å². The van der Waals surface area contributed by atoms with E-state index in [1.807, 2.05) is 0 Å². The molecule has 0 spiro atoms. The number of nitrogens with zero attached hydrogens (tertiary/aromatic N) is 1. The molecule has 9 nitrogen and oxygen atoms in total. The second-order valence-corrected chi connectivity index (χ2v) is 6.96. The summed E-state index contributed by atoms with van der Waals surface area (Å²) in [5, 5.41) is 24.5. The minimum atomic E-state index is -2.66. The third-order valence-corrected chi connectivity index (χ3v) is 5.15. The summed E-state index contributed by atoms with van der Waals surface area (Å²) in [6, 6.07) is 9.92. The molecule has 164 valence electrons. The van der Waals surface area contributed by atoms with Crippen LogP contribution in [0.25, 0.3) is 0 Å². The molecule has 3 unspecified atom stereocenters. The quantitative estimate of drug-likeness (QED) is 0.155. The van der Waals surface area contributed by atoms with Crippen molar-refractivity contribution in [2.75, 3.05) is 0 Å². The zero-order valence-corrected chi connectivity index (χ0v) is 16.4. The summed E-state index contributed by atoms with van der Waals surface area (Å²) in [4.78, 5) is 36.2. The molecule has 10 heteroatoms. The topological polar surface area (TPSA) is 182 Å². The van der Waals surface area contributed by atoms with Crippen molar-refractivity contribution in [1.82, 2.24) is 0 Å². The highest BCUT2D eigenvalue weighted by atomic mass is 19.1. The summed E-state index contributed by atoms with van der Waals surface area (Å²) >= 11 is 0. The maximum Gasteiger partial charge on any atom is 0.330 e. The maximum atomic E-state index is 13.4. The normalized spacial score (nSPS) is 16.3. The fourth-order valence-electron chi connectivity index (χ4n) is 3.35. The van der Waals surface area contributed by atoms with Crippen LogP contribution in [-0.2, 0) is 19.9 Å². The zero-order valence-electron chi connectivity index (χ0n) is 16.4. The fourth-order valence-corrected chi connectivity index (χ4v) is 3.35. The van der Waals surface area contributed by atoms with Crippen molar-refractivity contribution in [2.45, 2.75) is 30.0 Å². The van der Waals surface area contributed by atoms with Gasteiger partial charge in [0.15, 0.2) is 11.3 Å². The number of carbonyl (C=O) groups excluding carboxylic acids is 2. The highest BCUT2D eigenvalue weighted by Gasteiger charge is 2.61. The van der Waals surface area contributed by atoms with Gasteiger partial charge in [0.2, 0.25) is 0 Å². The minimum Gasteiger partial charge on any atom is -0.480 e. The number of nitrogens with two attached hydrogens (primary N) is 3. The first-order valence-electron chi connectivity index (χ1n) is 9.18. The highest BCUT2D eigenvalue weighted by Crippen LogP contribution is 2.40. The Morgan fingerprint density at radius 2 is 1.68 bits per heavy atom. The van der Waals surface area contributed by atoms with Crippen molar-refractivity contribution in [3.8, 4) is 0 Å². The predicted molar refractivity (Wildman–Crippen MR) is 110 cm³/mol. The zero-order chi connectivity index (χ0) is 23.2. The average molecular weight is 430 g/mol. The number of ketones is 1. The number of hydrogen-bond acceptors (Lipinski definition) is 8. The van der Waals surface area contributed by atoms with Gasteiger partial charge in [-0.2, -0.15) is 5.10 Å². The van der Waals surface area contributed by atoms with E-state index in [1.165, 1.54) is 30.5 Å². The van der Waals surface area contributed by atoms with Crippen LogP contribution < -0.4 is 17.3 Å². The lowest BCUT2D eigenvalue weighted by Gasteiger charge is -2.45. The summed E-state index contributed by atoms with van der Waals surface area (Å²) in [7, 11) is 0. The van der Waals surface area contributed by atoms with Crippen LogP contribution in [0.5, 0.6) is 0 Å². The molecule has 2 rings (SSSR count). The number of carbonyl (C=O) groups is 3. The van der Waals surface area contributed by atoms with Crippen molar-refractivity contribution in [1.29, 1.82) is 0 Å². The molecule has 0 amide bonds. The Bertz CT molecular complexity index is 980. The summed E-state index contributed by atoms with van der Waals surface area (Å²) in [5.41, 5.74) is 7.77. The SMILES string of the molecule is NN=Cc1ccc(C(O)C(N)(C(=O)CCC=O)C(N)(C(=O)O)c2ccc(F)cc2)cc1. The second kappa shape index (κ2) is 9.56. The van der Waals surface area contributed by atoms with Gasteiger partial charge in [-0.05, 0) is 28.8 Å². The number of rotatable bonds is 10. The molecule has 0 saturated heterocycles. The number of aldehydes is 1. The Kier molecular flexibility index (Phi) is 7.34. The van der Waals surface area contributed by atoms with Gasteiger partial charge < -0.3 is 32.3 Å². The van der Waals surface area contributed by atoms with Gasteiger partial charge in [-0.15, -0.1) is 0 Å². The Morgan fingerprint density at radius 3 is 2.16 bits per heavy atom. The number of hydrogen-bond donors (Lipinski definition) is 5. The number of Topliss-reactive ketones (excluding diaryl/α,β-unsaturated/α-hetero) is 1. The third kappa shape index (κ3) is 4.36. The van der Waals surface area contributed by atoms with Gasteiger partial charge in [-0.25, -0.2) is 9.18 Å². The molecule has 0 radical (unpaired) electrons. The van der Waals surface area contributed by atoms with Crippen LogP contribution >= 0.6 is 0 Å². The number of halogens is 1. The molecule has 31 heavy (non-hydrogen) atoms. The molecule has 2 aromatic rings. The van der Waals surface area contributed by atoms with Crippen LogP contribution in [0.3, 0.4) is 0 Å². The summed E-state index contributed by atoms with van der Waals surface area (Å²) < 4.78 is 13.4. The second-order valence-electron chi connectivity index (χ2n) is 6.96. The van der Waals surface area contributed by atoms with Crippen LogP contribution in [0.2, 0.25) is 0 Å². The predicted octanol–water partition coefficient (Wildman–Crippen LogP) is 0.336. The summed E-state index contributed by atoms with van der Waals surface area (Å²) in [6.45, 7) is 0.